The molecule has 0 aliphatic carbocycles. The van der Waals surface area contributed by atoms with E-state index in [-0.39, 0.29) is 18.0 Å². The molecule has 6 heteroatoms. The quantitative estimate of drug-likeness (QED) is 0.587. The third kappa shape index (κ3) is 5.10. The van der Waals surface area contributed by atoms with Gasteiger partial charge in [-0.05, 0) is 48.9 Å². The average Bonchev–Trinajstić information content (AvgIpc) is 2.76. The van der Waals surface area contributed by atoms with Crippen LogP contribution in [0.4, 0.5) is 5.69 Å². The van der Waals surface area contributed by atoms with Crippen LogP contribution < -0.4 is 15.2 Å². The van der Waals surface area contributed by atoms with E-state index in [2.05, 4.69) is 12.0 Å². The lowest BCUT2D eigenvalue weighted by molar-refractivity contribution is -0.119. The van der Waals surface area contributed by atoms with E-state index < -0.39 is 0 Å². The maximum Gasteiger partial charge on any atom is 0.267 e. The van der Waals surface area contributed by atoms with Crippen molar-refractivity contribution >= 4 is 11.6 Å². The van der Waals surface area contributed by atoms with Crippen LogP contribution in [-0.4, -0.2) is 29.3 Å². The summed E-state index contributed by atoms with van der Waals surface area (Å²) in [5.74, 6) is 0.581. The second kappa shape index (κ2) is 9.68. The molecule has 1 amide bonds. The van der Waals surface area contributed by atoms with Crippen molar-refractivity contribution in [1.29, 1.82) is 0 Å². The molecule has 3 rings (SSSR count). The summed E-state index contributed by atoms with van der Waals surface area (Å²) in [4.78, 5) is 27.1. The van der Waals surface area contributed by atoms with Crippen LogP contribution in [0, 0.1) is 0 Å². The molecule has 0 saturated carbocycles. The van der Waals surface area contributed by atoms with Gasteiger partial charge in [-0.2, -0.15) is 5.10 Å². The highest BCUT2D eigenvalue weighted by Gasteiger charge is 2.17. The topological polar surface area (TPSA) is 64.4 Å². The third-order valence-electron chi connectivity index (χ3n) is 4.64. The Bertz CT molecular complexity index is 998. The van der Waals surface area contributed by atoms with E-state index in [4.69, 9.17) is 4.74 Å². The lowest BCUT2D eigenvalue weighted by Gasteiger charge is -2.23. The van der Waals surface area contributed by atoms with Gasteiger partial charge in [-0.15, -0.1) is 0 Å². The summed E-state index contributed by atoms with van der Waals surface area (Å²) in [5.41, 5.74) is 1.99. The molecular formula is C23H25N3O3. The number of carbonyl (C=O) groups is 1. The predicted octanol–water partition coefficient (Wildman–Crippen LogP) is 3.75. The number of nitrogens with zero attached hydrogens (tertiary/aromatic N) is 3. The van der Waals surface area contributed by atoms with Gasteiger partial charge in [0, 0.05) is 23.9 Å². The maximum absolute atomic E-state index is 13.0. The molecule has 29 heavy (non-hydrogen) atoms. The molecule has 0 aliphatic heterocycles. The van der Waals surface area contributed by atoms with Gasteiger partial charge in [-0.25, -0.2) is 4.68 Å². The van der Waals surface area contributed by atoms with Gasteiger partial charge in [0.05, 0.1) is 12.8 Å². The number of para-hydroxylation sites is 1. The highest BCUT2D eigenvalue weighted by Crippen LogP contribution is 2.20. The molecule has 1 aromatic heterocycles. The number of aromatic nitrogens is 2. The molecule has 0 saturated heterocycles. The van der Waals surface area contributed by atoms with Crippen molar-refractivity contribution in [3.05, 3.63) is 77.1 Å². The Labute approximate surface area is 170 Å². The fourth-order valence-electron chi connectivity index (χ4n) is 3.01. The van der Waals surface area contributed by atoms with Gasteiger partial charge >= 0.3 is 0 Å². The van der Waals surface area contributed by atoms with E-state index in [1.54, 1.807) is 18.1 Å². The van der Waals surface area contributed by atoms with Crippen LogP contribution >= 0.6 is 0 Å². The van der Waals surface area contributed by atoms with Crippen LogP contribution in [0.15, 0.2) is 71.5 Å². The van der Waals surface area contributed by atoms with E-state index in [0.29, 0.717) is 12.2 Å². The second-order valence-electron chi connectivity index (χ2n) is 6.68. The first-order chi connectivity index (χ1) is 14.1. The van der Waals surface area contributed by atoms with Crippen molar-refractivity contribution in [2.45, 2.75) is 26.3 Å². The van der Waals surface area contributed by atoms with Gasteiger partial charge in [0.2, 0.25) is 5.91 Å². The van der Waals surface area contributed by atoms with Crippen molar-refractivity contribution in [2.75, 3.05) is 18.6 Å². The molecule has 0 fully saturated rings. The molecule has 0 unspecified atom stereocenters. The first-order valence-corrected chi connectivity index (χ1v) is 9.70. The smallest absolute Gasteiger partial charge is 0.267 e. The fraction of sp³-hybridized carbons (Fsp3) is 0.261. The number of carbonyl (C=O) groups excluding carboxylic acids is 1. The lowest BCUT2D eigenvalue weighted by atomic mass is 10.1. The third-order valence-corrected chi connectivity index (χ3v) is 4.64. The number of rotatable bonds is 8. The molecule has 2 aromatic carbocycles. The van der Waals surface area contributed by atoms with Gasteiger partial charge in [-0.3, -0.25) is 9.59 Å². The van der Waals surface area contributed by atoms with Gasteiger partial charge in [-0.1, -0.05) is 31.5 Å². The minimum Gasteiger partial charge on any atom is -0.497 e. The number of amides is 1. The first-order valence-electron chi connectivity index (χ1n) is 9.70. The van der Waals surface area contributed by atoms with Crippen LogP contribution in [0.2, 0.25) is 0 Å². The number of benzene rings is 2. The molecule has 1 heterocycles. The van der Waals surface area contributed by atoms with Crippen LogP contribution in [-0.2, 0) is 11.3 Å². The molecule has 0 bridgehead atoms. The molecule has 0 spiro atoms. The second-order valence-corrected chi connectivity index (χ2v) is 6.68. The van der Waals surface area contributed by atoms with E-state index in [1.165, 1.54) is 10.7 Å². The summed E-state index contributed by atoms with van der Waals surface area (Å²) < 4.78 is 6.40. The van der Waals surface area contributed by atoms with Gasteiger partial charge < -0.3 is 9.64 Å². The van der Waals surface area contributed by atoms with Crippen molar-refractivity contribution in [1.82, 2.24) is 9.78 Å². The molecule has 0 N–H and O–H groups in total. The zero-order valence-corrected chi connectivity index (χ0v) is 16.7. The molecule has 0 atom stereocenters. The van der Waals surface area contributed by atoms with E-state index in [1.807, 2.05) is 54.6 Å². The minimum atomic E-state index is -0.306. The Morgan fingerprint density at radius 1 is 1.03 bits per heavy atom. The summed E-state index contributed by atoms with van der Waals surface area (Å²) in [6, 6.07) is 20.0. The van der Waals surface area contributed by atoms with Crippen LogP contribution in [0.1, 0.15) is 19.8 Å². The average molecular weight is 391 g/mol. The van der Waals surface area contributed by atoms with Crippen molar-refractivity contribution in [3.63, 3.8) is 0 Å². The largest absolute Gasteiger partial charge is 0.497 e. The first kappa shape index (κ1) is 20.3. The number of methoxy groups -OCH3 is 1. The van der Waals surface area contributed by atoms with Crippen LogP contribution in [0.3, 0.4) is 0 Å². The summed E-state index contributed by atoms with van der Waals surface area (Å²) >= 11 is 0. The zero-order valence-electron chi connectivity index (χ0n) is 16.7. The van der Waals surface area contributed by atoms with Crippen LogP contribution in [0.5, 0.6) is 5.75 Å². The SMILES string of the molecule is CCCCN(C(=O)Cn1nc(-c2ccc(OC)cc2)ccc1=O)c1ccccc1. The Kier molecular flexibility index (Phi) is 6.79. The Morgan fingerprint density at radius 2 is 1.76 bits per heavy atom. The normalized spacial score (nSPS) is 10.6. The number of unbranched alkanes of at least 4 members (excludes halogenated alkanes) is 1. The molecule has 150 valence electrons. The summed E-state index contributed by atoms with van der Waals surface area (Å²) in [6.45, 7) is 2.58. The Balaban J connectivity index is 1.85. The Morgan fingerprint density at radius 3 is 2.41 bits per heavy atom. The van der Waals surface area contributed by atoms with Gasteiger partial charge in [0.25, 0.3) is 5.56 Å². The lowest BCUT2D eigenvalue weighted by Crippen LogP contribution is -2.38. The van der Waals surface area contributed by atoms with Gasteiger partial charge in [0.15, 0.2) is 0 Å². The summed E-state index contributed by atoms with van der Waals surface area (Å²) in [5, 5.41) is 4.41. The van der Waals surface area contributed by atoms with Crippen molar-refractivity contribution in [2.24, 2.45) is 0 Å². The molecular weight excluding hydrogens is 366 g/mol. The molecule has 0 radical (unpaired) electrons. The predicted molar refractivity (Wildman–Crippen MR) is 114 cm³/mol. The Hall–Kier alpha value is -3.41. The minimum absolute atomic E-state index is 0.110. The highest BCUT2D eigenvalue weighted by atomic mass is 16.5. The summed E-state index contributed by atoms with van der Waals surface area (Å²) in [6.07, 6.45) is 1.86. The standard InChI is InChI=1S/C23H25N3O3/c1-3-4-16-25(19-8-6-5-7-9-19)23(28)17-26-22(27)15-14-21(24-26)18-10-12-20(29-2)13-11-18/h5-15H,3-4,16-17H2,1-2H3. The van der Waals surface area contributed by atoms with Crippen molar-refractivity contribution in [3.8, 4) is 17.0 Å². The molecule has 0 aliphatic rings. The van der Waals surface area contributed by atoms with Crippen molar-refractivity contribution < 1.29 is 9.53 Å². The highest BCUT2D eigenvalue weighted by molar-refractivity contribution is 5.93. The summed E-state index contributed by atoms with van der Waals surface area (Å²) in [7, 11) is 1.61. The molecule has 6 nitrogen and oxygen atoms in total. The molecule has 3 aromatic rings. The van der Waals surface area contributed by atoms with E-state index >= 15 is 0 Å². The van der Waals surface area contributed by atoms with E-state index in [0.717, 1.165) is 29.8 Å². The van der Waals surface area contributed by atoms with Gasteiger partial charge in [0.1, 0.15) is 12.3 Å². The zero-order chi connectivity index (χ0) is 20.6. The van der Waals surface area contributed by atoms with Crippen LogP contribution in [0.25, 0.3) is 11.3 Å². The van der Waals surface area contributed by atoms with E-state index in [9.17, 15) is 9.59 Å². The number of ether oxygens (including phenoxy) is 1. The fourth-order valence-corrected chi connectivity index (χ4v) is 3.01. The number of hydrogen-bond acceptors (Lipinski definition) is 4. The number of hydrogen-bond donors (Lipinski definition) is 0. The maximum atomic E-state index is 13.0. The monoisotopic (exact) mass is 391 g/mol. The number of anilines is 1.